The number of nitrogens with one attached hydrogen (secondary N) is 2. The topological polar surface area (TPSA) is 81.7 Å². The largest absolute Gasteiger partial charge is 0.508 e. The number of phenolic OH excluding ortho intramolecular Hbond substituents is 1. The molecule has 6 nitrogen and oxygen atoms in total. The lowest BCUT2D eigenvalue weighted by Gasteiger charge is -2.26. The molecule has 0 aliphatic heterocycles. The first-order valence-electron chi connectivity index (χ1n) is 10.2. The Morgan fingerprint density at radius 3 is 2.10 bits per heavy atom. The summed E-state index contributed by atoms with van der Waals surface area (Å²) in [5.41, 5.74) is 2.09. The molecule has 0 heterocycles. The molecule has 0 amide bonds. The third-order valence-electron chi connectivity index (χ3n) is 5.34. The maximum Gasteiger partial charge on any atom is 0.253 e. The van der Waals surface area contributed by atoms with Gasteiger partial charge in [-0.1, -0.05) is 42.5 Å². The molecule has 1 unspecified atom stereocenters. The van der Waals surface area contributed by atoms with E-state index in [9.17, 15) is 14.7 Å². The van der Waals surface area contributed by atoms with E-state index in [1.807, 2.05) is 63.5 Å². The molecule has 0 bridgehead atoms. The second kappa shape index (κ2) is 9.59. The fraction of sp³-hybridized carbons (Fsp3) is 0.333. The second-order valence-corrected chi connectivity index (χ2v) is 8.01. The van der Waals surface area contributed by atoms with Gasteiger partial charge in [0.1, 0.15) is 17.1 Å². The summed E-state index contributed by atoms with van der Waals surface area (Å²) in [6, 6.07) is 17.3. The number of anilines is 2. The highest BCUT2D eigenvalue weighted by Gasteiger charge is 2.23. The van der Waals surface area contributed by atoms with Crippen molar-refractivity contribution in [1.29, 1.82) is 0 Å². The van der Waals surface area contributed by atoms with Gasteiger partial charge in [0.05, 0.1) is 0 Å². The molecule has 6 heteroatoms. The maximum absolute atomic E-state index is 12.1. The fourth-order valence-corrected chi connectivity index (χ4v) is 3.52. The zero-order valence-corrected chi connectivity index (χ0v) is 17.7. The average molecular weight is 408 g/mol. The summed E-state index contributed by atoms with van der Waals surface area (Å²) in [6.45, 7) is 2.53. The van der Waals surface area contributed by atoms with Crippen LogP contribution < -0.4 is 21.5 Å². The van der Waals surface area contributed by atoms with E-state index in [0.717, 1.165) is 18.4 Å². The van der Waals surface area contributed by atoms with Crippen LogP contribution in [0.2, 0.25) is 0 Å². The van der Waals surface area contributed by atoms with Gasteiger partial charge in [-0.15, -0.1) is 0 Å². The summed E-state index contributed by atoms with van der Waals surface area (Å²) in [5.74, 6) is 0.238. The van der Waals surface area contributed by atoms with Crippen LogP contribution in [0.25, 0.3) is 0 Å². The summed E-state index contributed by atoms with van der Waals surface area (Å²) in [7, 11) is 3.96. The van der Waals surface area contributed by atoms with Gasteiger partial charge in [0.15, 0.2) is 0 Å². The second-order valence-electron chi connectivity index (χ2n) is 8.01. The molecule has 3 rings (SSSR count). The van der Waals surface area contributed by atoms with E-state index in [0.29, 0.717) is 17.9 Å². The SMILES string of the molecule is C[C@@H](Cc1ccccc1)Nc1c(NCC(Cc2ccc(O)cc2)N(C)C)c(=O)c1=O. The molecule has 0 aromatic heterocycles. The third-order valence-corrected chi connectivity index (χ3v) is 5.34. The van der Waals surface area contributed by atoms with Crippen molar-refractivity contribution < 1.29 is 5.11 Å². The number of benzene rings is 2. The molecule has 30 heavy (non-hydrogen) atoms. The highest BCUT2D eigenvalue weighted by molar-refractivity contribution is 5.74. The Morgan fingerprint density at radius 1 is 0.867 bits per heavy atom. The smallest absolute Gasteiger partial charge is 0.253 e. The lowest BCUT2D eigenvalue weighted by atomic mass is 10.0. The van der Waals surface area contributed by atoms with Crippen LogP contribution in [0.3, 0.4) is 0 Å². The third kappa shape index (κ3) is 5.27. The molecule has 0 spiro atoms. The lowest BCUT2D eigenvalue weighted by Crippen LogP contribution is -2.43. The van der Waals surface area contributed by atoms with Crippen molar-refractivity contribution in [3.63, 3.8) is 0 Å². The number of rotatable bonds is 10. The predicted octanol–water partition coefficient (Wildman–Crippen LogP) is 2.62. The van der Waals surface area contributed by atoms with Gasteiger partial charge in [0, 0.05) is 18.6 Å². The van der Waals surface area contributed by atoms with Crippen LogP contribution in [0.15, 0.2) is 64.2 Å². The van der Waals surface area contributed by atoms with E-state index in [2.05, 4.69) is 15.5 Å². The van der Waals surface area contributed by atoms with E-state index >= 15 is 0 Å². The van der Waals surface area contributed by atoms with E-state index in [-0.39, 0.29) is 17.8 Å². The van der Waals surface area contributed by atoms with Crippen LogP contribution in [0.5, 0.6) is 5.75 Å². The van der Waals surface area contributed by atoms with Crippen LogP contribution in [0.1, 0.15) is 18.1 Å². The quantitative estimate of drug-likeness (QED) is 0.448. The monoisotopic (exact) mass is 407 g/mol. The average Bonchev–Trinajstić information content (AvgIpc) is 2.73. The Kier molecular flexibility index (Phi) is 6.90. The molecule has 0 fully saturated rings. The molecule has 158 valence electrons. The lowest BCUT2D eigenvalue weighted by molar-refractivity contribution is 0.303. The first-order valence-corrected chi connectivity index (χ1v) is 10.2. The molecule has 0 saturated heterocycles. The first kappa shape index (κ1) is 21.6. The number of nitrogens with zero attached hydrogens (tertiary/aromatic N) is 1. The molecular weight excluding hydrogens is 378 g/mol. The van der Waals surface area contributed by atoms with Gasteiger partial charge >= 0.3 is 0 Å². The molecule has 0 saturated carbocycles. The van der Waals surface area contributed by atoms with Crippen molar-refractivity contribution in [2.75, 3.05) is 31.3 Å². The first-order chi connectivity index (χ1) is 14.3. The van der Waals surface area contributed by atoms with E-state index in [4.69, 9.17) is 0 Å². The van der Waals surface area contributed by atoms with Gasteiger partial charge in [-0.3, -0.25) is 9.59 Å². The number of hydrogen-bond acceptors (Lipinski definition) is 6. The minimum Gasteiger partial charge on any atom is -0.508 e. The van der Waals surface area contributed by atoms with Crippen LogP contribution in [0, 0.1) is 0 Å². The Balaban J connectivity index is 1.63. The number of phenols is 1. The zero-order chi connectivity index (χ0) is 21.7. The van der Waals surface area contributed by atoms with Gasteiger partial charge in [-0.25, -0.2) is 0 Å². The standard InChI is InChI=1S/C24H29N3O3/c1-16(13-17-7-5-4-6-8-17)26-22-21(23(29)24(22)30)25-15-19(27(2)3)14-18-9-11-20(28)12-10-18/h4-12,16,19,25-26,28H,13-15H2,1-3H3/t16-,19?/m0/s1. The predicted molar refractivity (Wildman–Crippen MR) is 122 cm³/mol. The highest BCUT2D eigenvalue weighted by Crippen LogP contribution is 2.18. The Labute approximate surface area is 176 Å². The van der Waals surface area contributed by atoms with Crippen molar-refractivity contribution in [3.05, 3.63) is 86.2 Å². The van der Waals surface area contributed by atoms with E-state index in [1.165, 1.54) is 5.56 Å². The summed E-state index contributed by atoms with van der Waals surface area (Å²) < 4.78 is 0. The fourth-order valence-electron chi connectivity index (χ4n) is 3.52. The molecule has 2 atom stereocenters. The van der Waals surface area contributed by atoms with Crippen molar-refractivity contribution in [2.45, 2.75) is 31.8 Å². The number of hydrogen-bond donors (Lipinski definition) is 3. The van der Waals surface area contributed by atoms with Crippen LogP contribution >= 0.6 is 0 Å². The Hall–Kier alpha value is -3.12. The number of likely N-dealkylation sites (N-methyl/N-ethyl adjacent to an activating group) is 1. The van der Waals surface area contributed by atoms with Crippen LogP contribution in [0.4, 0.5) is 11.4 Å². The molecule has 0 aliphatic rings. The van der Waals surface area contributed by atoms with Gasteiger partial charge in [0.25, 0.3) is 10.9 Å². The maximum atomic E-state index is 12.1. The van der Waals surface area contributed by atoms with E-state index < -0.39 is 10.9 Å². The zero-order valence-electron chi connectivity index (χ0n) is 17.7. The Morgan fingerprint density at radius 2 is 1.47 bits per heavy atom. The van der Waals surface area contributed by atoms with Gasteiger partial charge in [0.2, 0.25) is 0 Å². The van der Waals surface area contributed by atoms with Crippen LogP contribution in [-0.2, 0) is 12.8 Å². The summed E-state index contributed by atoms with van der Waals surface area (Å²) >= 11 is 0. The van der Waals surface area contributed by atoms with Crippen molar-refractivity contribution in [2.24, 2.45) is 0 Å². The van der Waals surface area contributed by atoms with Crippen molar-refractivity contribution in [3.8, 4) is 5.75 Å². The molecule has 3 aromatic rings. The van der Waals surface area contributed by atoms with Gasteiger partial charge in [-0.2, -0.15) is 0 Å². The van der Waals surface area contributed by atoms with Crippen LogP contribution in [-0.4, -0.2) is 42.7 Å². The molecule has 3 N–H and O–H groups in total. The van der Waals surface area contributed by atoms with Crippen molar-refractivity contribution in [1.82, 2.24) is 4.90 Å². The van der Waals surface area contributed by atoms with Crippen molar-refractivity contribution >= 4 is 11.4 Å². The summed E-state index contributed by atoms with van der Waals surface area (Å²) in [6.07, 6.45) is 1.52. The minimum atomic E-state index is -0.466. The van der Waals surface area contributed by atoms with Gasteiger partial charge < -0.3 is 20.6 Å². The molecular formula is C24H29N3O3. The summed E-state index contributed by atoms with van der Waals surface area (Å²) in [5, 5.41) is 15.9. The molecule has 0 radical (unpaired) electrons. The highest BCUT2D eigenvalue weighted by atomic mass is 16.3. The molecule has 3 aromatic carbocycles. The minimum absolute atomic E-state index is 0.0258. The Bertz CT molecular complexity index is 1020. The van der Waals surface area contributed by atoms with E-state index in [1.54, 1.807) is 12.1 Å². The number of aromatic hydroxyl groups is 1. The van der Waals surface area contributed by atoms with Gasteiger partial charge in [-0.05, 0) is 57.1 Å². The summed E-state index contributed by atoms with van der Waals surface area (Å²) in [4.78, 5) is 26.3. The normalized spacial score (nSPS) is 13.3. The molecule has 0 aliphatic carbocycles.